The summed E-state index contributed by atoms with van der Waals surface area (Å²) in [6.07, 6.45) is 1.59. The molecule has 1 aliphatic rings. The van der Waals surface area contributed by atoms with Crippen molar-refractivity contribution in [1.82, 2.24) is 4.90 Å². The van der Waals surface area contributed by atoms with Gasteiger partial charge in [0.1, 0.15) is 29.0 Å². The van der Waals surface area contributed by atoms with E-state index >= 15 is 0 Å². The maximum absolute atomic E-state index is 13.1. The van der Waals surface area contributed by atoms with Crippen molar-refractivity contribution in [3.05, 3.63) is 105 Å². The van der Waals surface area contributed by atoms with Crippen LogP contribution in [0.4, 0.5) is 5.69 Å². The summed E-state index contributed by atoms with van der Waals surface area (Å²) in [6.45, 7) is 2.83. The van der Waals surface area contributed by atoms with Gasteiger partial charge in [0.15, 0.2) is 0 Å². The fourth-order valence-electron chi connectivity index (χ4n) is 3.46. The summed E-state index contributed by atoms with van der Waals surface area (Å²) >= 11 is 6.59. The van der Waals surface area contributed by atoms with Crippen LogP contribution in [0.3, 0.4) is 0 Å². The largest absolute Gasteiger partial charge is 0.490 e. The molecular formula is C26H22N2O5S2. The van der Waals surface area contributed by atoms with Gasteiger partial charge in [-0.2, -0.15) is 0 Å². The Balaban J connectivity index is 1.51. The minimum absolute atomic E-state index is 0.0977. The first-order valence-corrected chi connectivity index (χ1v) is 12.0. The molecule has 0 unspecified atom stereocenters. The highest BCUT2D eigenvalue weighted by atomic mass is 32.2. The Morgan fingerprint density at radius 2 is 1.69 bits per heavy atom. The number of non-ortho nitro benzene ring substituents is 1. The van der Waals surface area contributed by atoms with Gasteiger partial charge in [-0.05, 0) is 36.3 Å². The lowest BCUT2D eigenvalue weighted by atomic mass is 10.1. The first-order chi connectivity index (χ1) is 16.9. The molecule has 9 heteroatoms. The Morgan fingerprint density at radius 3 is 2.40 bits per heavy atom. The summed E-state index contributed by atoms with van der Waals surface area (Å²) in [4.78, 5) is 25.8. The van der Waals surface area contributed by atoms with E-state index < -0.39 is 4.92 Å². The number of ether oxygens (including phenoxy) is 2. The monoisotopic (exact) mass is 506 g/mol. The van der Waals surface area contributed by atoms with E-state index in [1.165, 1.54) is 23.1 Å². The molecule has 0 aromatic heterocycles. The second kappa shape index (κ2) is 11.2. The third-order valence-corrected chi connectivity index (χ3v) is 6.62. The molecule has 0 radical (unpaired) electrons. The van der Waals surface area contributed by atoms with Crippen molar-refractivity contribution in [2.24, 2.45) is 0 Å². The number of hydrogen-bond donors (Lipinski definition) is 0. The van der Waals surface area contributed by atoms with Crippen LogP contribution in [0.15, 0.2) is 77.7 Å². The molecule has 178 valence electrons. The molecule has 3 aromatic carbocycles. The molecule has 0 saturated carbocycles. The Labute approximate surface area is 212 Å². The van der Waals surface area contributed by atoms with Gasteiger partial charge in [0.2, 0.25) is 0 Å². The highest BCUT2D eigenvalue weighted by molar-refractivity contribution is 8.26. The second-order valence-electron chi connectivity index (χ2n) is 7.70. The first-order valence-electron chi connectivity index (χ1n) is 10.8. The summed E-state index contributed by atoms with van der Waals surface area (Å²) in [7, 11) is 0. The summed E-state index contributed by atoms with van der Waals surface area (Å²) < 4.78 is 12.1. The average molecular weight is 507 g/mol. The molecule has 0 spiro atoms. The summed E-state index contributed by atoms with van der Waals surface area (Å²) in [5.74, 6) is 0.934. The standard InChI is InChI=1S/C26H22N2O5S2/c1-18-7-5-6-10-22(18)32-13-14-33-23-12-11-21(28(30)31)15-20(23)16-24-25(29)27(26(34)35-24)17-19-8-3-2-4-9-19/h2-12,15-16H,13-14,17H2,1H3. The number of amides is 1. The molecular weight excluding hydrogens is 484 g/mol. The van der Waals surface area contributed by atoms with Gasteiger partial charge in [-0.15, -0.1) is 0 Å². The Morgan fingerprint density at radius 1 is 1.00 bits per heavy atom. The first kappa shape index (κ1) is 24.4. The van der Waals surface area contributed by atoms with Crippen LogP contribution in [0.5, 0.6) is 11.5 Å². The fourth-order valence-corrected chi connectivity index (χ4v) is 4.70. The van der Waals surface area contributed by atoms with Crippen molar-refractivity contribution in [3.8, 4) is 11.5 Å². The lowest BCUT2D eigenvalue weighted by Crippen LogP contribution is -2.27. The van der Waals surface area contributed by atoms with Gasteiger partial charge in [0.25, 0.3) is 11.6 Å². The zero-order valence-corrected chi connectivity index (χ0v) is 20.5. The highest BCUT2D eigenvalue weighted by Crippen LogP contribution is 2.36. The van der Waals surface area contributed by atoms with Crippen LogP contribution >= 0.6 is 24.0 Å². The van der Waals surface area contributed by atoms with Crippen molar-refractivity contribution >= 4 is 46.0 Å². The maximum atomic E-state index is 13.1. The number of nitro benzene ring substituents is 1. The fraction of sp³-hybridized carbons (Fsp3) is 0.154. The Kier molecular flexibility index (Phi) is 7.79. The number of nitro groups is 1. The highest BCUT2D eigenvalue weighted by Gasteiger charge is 2.32. The molecule has 35 heavy (non-hydrogen) atoms. The van der Waals surface area contributed by atoms with Gasteiger partial charge in [-0.3, -0.25) is 19.8 Å². The molecule has 1 aliphatic heterocycles. The molecule has 1 amide bonds. The van der Waals surface area contributed by atoms with Gasteiger partial charge >= 0.3 is 0 Å². The van der Waals surface area contributed by atoms with Crippen molar-refractivity contribution in [2.45, 2.75) is 13.5 Å². The van der Waals surface area contributed by atoms with Crippen molar-refractivity contribution in [2.75, 3.05) is 13.2 Å². The van der Waals surface area contributed by atoms with E-state index in [0.29, 0.717) is 33.7 Å². The molecule has 1 heterocycles. The molecule has 3 aromatic rings. The van der Waals surface area contributed by atoms with Crippen molar-refractivity contribution in [1.29, 1.82) is 0 Å². The Hall–Kier alpha value is -3.69. The van der Waals surface area contributed by atoms with E-state index in [9.17, 15) is 14.9 Å². The van der Waals surface area contributed by atoms with Crippen LogP contribution < -0.4 is 9.47 Å². The lowest BCUT2D eigenvalue weighted by molar-refractivity contribution is -0.384. The van der Waals surface area contributed by atoms with Crippen molar-refractivity contribution in [3.63, 3.8) is 0 Å². The maximum Gasteiger partial charge on any atom is 0.270 e. The van der Waals surface area contributed by atoms with Crippen LogP contribution in [0.2, 0.25) is 0 Å². The quantitative estimate of drug-likeness (QED) is 0.120. The van der Waals surface area contributed by atoms with E-state index in [-0.39, 0.29) is 18.2 Å². The van der Waals surface area contributed by atoms with E-state index in [0.717, 1.165) is 28.6 Å². The van der Waals surface area contributed by atoms with E-state index in [1.54, 1.807) is 6.08 Å². The predicted octanol–water partition coefficient (Wildman–Crippen LogP) is 5.76. The molecule has 1 fully saturated rings. The summed E-state index contributed by atoms with van der Waals surface area (Å²) in [6, 6.07) is 21.5. The zero-order valence-electron chi connectivity index (χ0n) is 18.9. The second-order valence-corrected chi connectivity index (χ2v) is 9.37. The number of para-hydroxylation sites is 1. The number of thioether (sulfide) groups is 1. The van der Waals surface area contributed by atoms with Crippen LogP contribution in [-0.2, 0) is 11.3 Å². The van der Waals surface area contributed by atoms with Gasteiger partial charge < -0.3 is 9.47 Å². The molecule has 0 N–H and O–H groups in total. The van der Waals surface area contributed by atoms with Gasteiger partial charge in [-0.1, -0.05) is 72.5 Å². The van der Waals surface area contributed by atoms with Gasteiger partial charge in [-0.25, -0.2) is 0 Å². The number of rotatable bonds is 9. The minimum atomic E-state index is -0.483. The number of carbonyl (C=O) groups excluding carboxylic acids is 1. The van der Waals surface area contributed by atoms with Crippen LogP contribution in [0, 0.1) is 17.0 Å². The van der Waals surface area contributed by atoms with E-state index in [4.69, 9.17) is 21.7 Å². The van der Waals surface area contributed by atoms with Crippen LogP contribution in [-0.4, -0.2) is 33.3 Å². The van der Waals surface area contributed by atoms with E-state index in [2.05, 4.69) is 0 Å². The number of carbonyl (C=O) groups is 1. The topological polar surface area (TPSA) is 81.9 Å². The van der Waals surface area contributed by atoms with E-state index in [1.807, 2.05) is 61.5 Å². The molecule has 7 nitrogen and oxygen atoms in total. The number of aryl methyl sites for hydroxylation is 1. The van der Waals surface area contributed by atoms with Gasteiger partial charge in [0.05, 0.1) is 16.4 Å². The third-order valence-electron chi connectivity index (χ3n) is 5.24. The molecule has 0 aliphatic carbocycles. The number of benzene rings is 3. The SMILES string of the molecule is Cc1ccccc1OCCOc1ccc([N+](=O)[O-])cc1C=C1SC(=S)N(Cc2ccccc2)C1=O. The molecule has 4 rings (SSSR count). The van der Waals surface area contributed by atoms with Gasteiger partial charge in [0, 0.05) is 17.7 Å². The zero-order chi connectivity index (χ0) is 24.8. The van der Waals surface area contributed by atoms with Crippen LogP contribution in [0.25, 0.3) is 6.08 Å². The molecule has 1 saturated heterocycles. The molecule has 0 atom stereocenters. The number of hydrogen-bond acceptors (Lipinski definition) is 7. The normalized spacial score (nSPS) is 14.4. The third kappa shape index (κ3) is 6.06. The summed E-state index contributed by atoms with van der Waals surface area (Å²) in [5.41, 5.74) is 2.30. The lowest BCUT2D eigenvalue weighted by Gasteiger charge is -2.14. The average Bonchev–Trinajstić information content (AvgIpc) is 3.11. The predicted molar refractivity (Wildman–Crippen MR) is 140 cm³/mol. The number of thiocarbonyl (C=S) groups is 1. The molecule has 0 bridgehead atoms. The minimum Gasteiger partial charge on any atom is -0.490 e. The van der Waals surface area contributed by atoms with Crippen molar-refractivity contribution < 1.29 is 19.2 Å². The Bertz CT molecular complexity index is 1290. The summed E-state index contributed by atoms with van der Waals surface area (Å²) in [5, 5.41) is 11.3. The number of nitrogens with zero attached hydrogens (tertiary/aromatic N) is 2. The smallest absolute Gasteiger partial charge is 0.270 e. The van der Waals surface area contributed by atoms with Crippen LogP contribution in [0.1, 0.15) is 16.7 Å².